The van der Waals surface area contributed by atoms with Crippen molar-refractivity contribution in [2.75, 3.05) is 6.61 Å². The number of aryl methyl sites for hydroxylation is 2. The monoisotopic (exact) mass is 192 g/mol. The fraction of sp³-hybridized carbons (Fsp3) is 0.538. The molecular weight excluding hydrogens is 172 g/mol. The Morgan fingerprint density at radius 1 is 1.29 bits per heavy atom. The van der Waals surface area contributed by atoms with Crippen LogP contribution in [0.4, 0.5) is 0 Å². The predicted octanol–water partition coefficient (Wildman–Crippen LogP) is 2.83. The first kappa shape index (κ1) is 11.3. The van der Waals surface area contributed by atoms with Crippen molar-refractivity contribution in [1.29, 1.82) is 0 Å². The second-order valence-corrected chi connectivity index (χ2v) is 4.56. The van der Waals surface area contributed by atoms with Crippen LogP contribution in [-0.2, 0) is 11.8 Å². The summed E-state index contributed by atoms with van der Waals surface area (Å²) in [5.74, 6) is 0. The van der Waals surface area contributed by atoms with Crippen molar-refractivity contribution in [3.63, 3.8) is 0 Å². The normalized spacial score (nSPS) is 11.8. The Hall–Kier alpha value is -0.820. The molecule has 1 heteroatoms. The van der Waals surface area contributed by atoms with Gasteiger partial charge in [-0.05, 0) is 24.5 Å². The van der Waals surface area contributed by atoms with E-state index in [-0.39, 0.29) is 12.0 Å². The minimum absolute atomic E-state index is 0.128. The molecule has 0 bridgehead atoms. The summed E-state index contributed by atoms with van der Waals surface area (Å²) in [5.41, 5.74) is 3.76. The van der Waals surface area contributed by atoms with Gasteiger partial charge in [0, 0.05) is 5.41 Å². The van der Waals surface area contributed by atoms with Gasteiger partial charge in [0.1, 0.15) is 0 Å². The van der Waals surface area contributed by atoms with E-state index < -0.39 is 0 Å². The summed E-state index contributed by atoms with van der Waals surface area (Å²) in [6.45, 7) is 8.61. The lowest BCUT2D eigenvalue weighted by atomic mass is 9.81. The molecule has 1 rings (SSSR count). The molecule has 0 saturated carbocycles. The van der Waals surface area contributed by atoms with Crippen LogP contribution < -0.4 is 0 Å². The van der Waals surface area contributed by atoms with Gasteiger partial charge in [-0.2, -0.15) is 0 Å². The number of hydrogen-bond donors (Lipinski definition) is 1. The van der Waals surface area contributed by atoms with Crippen molar-refractivity contribution < 1.29 is 5.11 Å². The molecule has 78 valence electrons. The minimum atomic E-state index is -0.128. The highest BCUT2D eigenvalue weighted by Crippen LogP contribution is 2.27. The molecule has 1 nitrogen and oxygen atoms in total. The lowest BCUT2D eigenvalue weighted by molar-refractivity contribution is 0.217. The van der Waals surface area contributed by atoms with E-state index in [2.05, 4.69) is 45.9 Å². The highest BCUT2D eigenvalue weighted by atomic mass is 16.3. The van der Waals surface area contributed by atoms with Crippen LogP contribution in [0.25, 0.3) is 0 Å². The molecule has 0 unspecified atom stereocenters. The van der Waals surface area contributed by atoms with Gasteiger partial charge in [-0.15, -0.1) is 0 Å². The second kappa shape index (κ2) is 4.14. The lowest BCUT2D eigenvalue weighted by Gasteiger charge is -2.25. The van der Waals surface area contributed by atoms with Crippen LogP contribution in [0.1, 0.15) is 37.5 Å². The number of rotatable bonds is 3. The first-order valence-electron chi connectivity index (χ1n) is 5.22. The summed E-state index contributed by atoms with van der Waals surface area (Å²) in [5, 5.41) is 9.36. The maximum Gasteiger partial charge on any atom is 0.0522 e. The van der Waals surface area contributed by atoms with Gasteiger partial charge in [0.25, 0.3) is 0 Å². The molecule has 0 heterocycles. The summed E-state index contributed by atoms with van der Waals surface area (Å²) < 4.78 is 0. The summed E-state index contributed by atoms with van der Waals surface area (Å²) in [7, 11) is 0. The first-order chi connectivity index (χ1) is 6.51. The standard InChI is InChI=1S/C13H20O/c1-5-11-7-6-10(2)8-12(11)13(3,4)9-14/h6-8,14H,5,9H2,1-4H3. The average molecular weight is 192 g/mol. The number of aliphatic hydroxyl groups is 1. The van der Waals surface area contributed by atoms with Crippen LogP contribution in [0.3, 0.4) is 0 Å². The molecule has 0 radical (unpaired) electrons. The van der Waals surface area contributed by atoms with E-state index in [1.165, 1.54) is 16.7 Å². The molecule has 0 fully saturated rings. The fourth-order valence-electron chi connectivity index (χ4n) is 1.71. The van der Waals surface area contributed by atoms with E-state index in [9.17, 15) is 5.11 Å². The van der Waals surface area contributed by atoms with Gasteiger partial charge in [-0.1, -0.05) is 44.5 Å². The second-order valence-electron chi connectivity index (χ2n) is 4.56. The molecule has 0 aliphatic rings. The minimum Gasteiger partial charge on any atom is -0.395 e. The molecule has 0 aliphatic carbocycles. The van der Waals surface area contributed by atoms with Crippen molar-refractivity contribution in [3.8, 4) is 0 Å². The third kappa shape index (κ3) is 2.16. The van der Waals surface area contributed by atoms with Gasteiger partial charge in [0.05, 0.1) is 6.61 Å². The van der Waals surface area contributed by atoms with Crippen molar-refractivity contribution in [3.05, 3.63) is 34.9 Å². The number of hydrogen-bond acceptors (Lipinski definition) is 1. The van der Waals surface area contributed by atoms with E-state index in [1.807, 2.05) is 0 Å². The molecule has 0 aliphatic heterocycles. The van der Waals surface area contributed by atoms with Gasteiger partial charge in [-0.25, -0.2) is 0 Å². The molecular formula is C13H20O. The Bertz CT molecular complexity index is 313. The van der Waals surface area contributed by atoms with Gasteiger partial charge in [0.2, 0.25) is 0 Å². The summed E-state index contributed by atoms with van der Waals surface area (Å²) in [6.07, 6.45) is 1.03. The Labute approximate surface area is 86.8 Å². The Morgan fingerprint density at radius 2 is 1.93 bits per heavy atom. The maximum atomic E-state index is 9.36. The number of aliphatic hydroxyl groups excluding tert-OH is 1. The quantitative estimate of drug-likeness (QED) is 0.780. The lowest BCUT2D eigenvalue weighted by Crippen LogP contribution is -2.23. The molecule has 0 saturated heterocycles. The van der Waals surface area contributed by atoms with Gasteiger partial charge in [0.15, 0.2) is 0 Å². The maximum absolute atomic E-state index is 9.36. The summed E-state index contributed by atoms with van der Waals surface area (Å²) >= 11 is 0. The summed E-state index contributed by atoms with van der Waals surface area (Å²) in [6, 6.07) is 6.49. The molecule has 1 N–H and O–H groups in total. The van der Waals surface area contributed by atoms with Crippen molar-refractivity contribution in [1.82, 2.24) is 0 Å². The topological polar surface area (TPSA) is 20.2 Å². The summed E-state index contributed by atoms with van der Waals surface area (Å²) in [4.78, 5) is 0. The van der Waals surface area contributed by atoms with Gasteiger partial charge >= 0.3 is 0 Å². The Kier molecular flexibility index (Phi) is 3.33. The van der Waals surface area contributed by atoms with Crippen LogP contribution in [0.15, 0.2) is 18.2 Å². The van der Waals surface area contributed by atoms with E-state index in [4.69, 9.17) is 0 Å². The Balaban J connectivity index is 3.23. The van der Waals surface area contributed by atoms with Gasteiger partial charge < -0.3 is 5.11 Å². The van der Waals surface area contributed by atoms with E-state index >= 15 is 0 Å². The molecule has 14 heavy (non-hydrogen) atoms. The van der Waals surface area contributed by atoms with Gasteiger partial charge in [-0.3, -0.25) is 0 Å². The molecule has 1 aromatic rings. The van der Waals surface area contributed by atoms with Crippen molar-refractivity contribution in [2.45, 2.75) is 39.5 Å². The molecule has 0 aromatic heterocycles. The van der Waals surface area contributed by atoms with E-state index in [0.717, 1.165) is 6.42 Å². The zero-order valence-electron chi connectivity index (χ0n) is 9.59. The van der Waals surface area contributed by atoms with Crippen molar-refractivity contribution in [2.24, 2.45) is 0 Å². The molecule has 0 spiro atoms. The van der Waals surface area contributed by atoms with E-state index in [0.29, 0.717) is 0 Å². The third-order valence-electron chi connectivity index (χ3n) is 2.77. The van der Waals surface area contributed by atoms with Crippen LogP contribution in [0, 0.1) is 6.92 Å². The largest absolute Gasteiger partial charge is 0.395 e. The van der Waals surface area contributed by atoms with Crippen LogP contribution >= 0.6 is 0 Å². The SMILES string of the molecule is CCc1ccc(C)cc1C(C)(C)CO. The van der Waals surface area contributed by atoms with Crippen LogP contribution in [0.2, 0.25) is 0 Å². The Morgan fingerprint density at radius 3 is 2.43 bits per heavy atom. The van der Waals surface area contributed by atoms with E-state index in [1.54, 1.807) is 0 Å². The predicted molar refractivity (Wildman–Crippen MR) is 60.7 cm³/mol. The van der Waals surface area contributed by atoms with Crippen molar-refractivity contribution >= 4 is 0 Å². The fourth-order valence-corrected chi connectivity index (χ4v) is 1.71. The zero-order valence-corrected chi connectivity index (χ0v) is 9.59. The zero-order chi connectivity index (χ0) is 10.8. The average Bonchev–Trinajstić information content (AvgIpc) is 2.18. The third-order valence-corrected chi connectivity index (χ3v) is 2.77. The molecule has 0 atom stereocenters. The molecule has 1 aromatic carbocycles. The first-order valence-corrected chi connectivity index (χ1v) is 5.22. The van der Waals surface area contributed by atoms with Crippen LogP contribution in [-0.4, -0.2) is 11.7 Å². The highest BCUT2D eigenvalue weighted by Gasteiger charge is 2.21. The highest BCUT2D eigenvalue weighted by molar-refractivity contribution is 5.36. The smallest absolute Gasteiger partial charge is 0.0522 e. The number of benzene rings is 1. The molecule has 0 amide bonds. The van der Waals surface area contributed by atoms with Crippen LogP contribution in [0.5, 0.6) is 0 Å².